The zero-order valence-electron chi connectivity index (χ0n) is 8.89. The van der Waals surface area contributed by atoms with Crippen LogP contribution in [-0.2, 0) is 6.54 Å². The fourth-order valence-corrected chi connectivity index (χ4v) is 2.27. The van der Waals surface area contributed by atoms with Crippen LogP contribution in [-0.4, -0.2) is 18.1 Å². The molecule has 1 aromatic carbocycles. The van der Waals surface area contributed by atoms with Crippen molar-refractivity contribution in [2.75, 3.05) is 12.8 Å². The lowest BCUT2D eigenvalue weighted by Crippen LogP contribution is -2.22. The van der Waals surface area contributed by atoms with E-state index in [9.17, 15) is 0 Å². The van der Waals surface area contributed by atoms with Crippen LogP contribution in [0.25, 0.3) is 0 Å². The average Bonchev–Trinajstić information content (AvgIpc) is 2.21. The van der Waals surface area contributed by atoms with Crippen LogP contribution in [0, 0.1) is 0 Å². The first-order chi connectivity index (χ1) is 7.13. The minimum Gasteiger partial charge on any atom is -0.312 e. The van der Waals surface area contributed by atoms with Crippen molar-refractivity contribution in [3.8, 4) is 0 Å². The van der Waals surface area contributed by atoms with Gasteiger partial charge in [0.1, 0.15) is 0 Å². The highest BCUT2D eigenvalue weighted by molar-refractivity contribution is 9.10. The Hall–Kier alpha value is 0.300. The van der Waals surface area contributed by atoms with E-state index in [1.54, 1.807) is 0 Å². The van der Waals surface area contributed by atoms with Gasteiger partial charge in [-0.2, -0.15) is 11.8 Å². The molecule has 1 rings (SSSR count). The summed E-state index contributed by atoms with van der Waals surface area (Å²) in [6, 6.07) is 5.89. The smallest absolute Gasteiger partial charge is 0.0417 e. The molecule has 4 heteroatoms. The number of benzene rings is 1. The van der Waals surface area contributed by atoms with E-state index in [-0.39, 0.29) is 0 Å². The summed E-state index contributed by atoms with van der Waals surface area (Å²) in [5.74, 6) is 0. The van der Waals surface area contributed by atoms with E-state index < -0.39 is 0 Å². The normalized spacial score (nSPS) is 12.8. The van der Waals surface area contributed by atoms with Gasteiger partial charge < -0.3 is 5.32 Å². The molecule has 0 amide bonds. The Morgan fingerprint density at radius 2 is 2.27 bits per heavy atom. The number of nitrogens with one attached hydrogen (secondary N) is 1. The monoisotopic (exact) mass is 307 g/mol. The molecule has 1 nitrogen and oxygen atoms in total. The second-order valence-corrected chi connectivity index (χ2v) is 5.98. The molecular formula is C11H15BrClNS. The maximum Gasteiger partial charge on any atom is 0.0417 e. The van der Waals surface area contributed by atoms with Crippen molar-refractivity contribution in [3.63, 3.8) is 0 Å². The number of hydrogen-bond donors (Lipinski definition) is 1. The minimum absolute atomic E-state index is 0.649. The van der Waals surface area contributed by atoms with E-state index in [0.29, 0.717) is 5.25 Å². The van der Waals surface area contributed by atoms with Crippen LogP contribution in [0.4, 0.5) is 0 Å². The number of halogens is 2. The standard InChI is InChI=1S/C11H15BrClNS/c1-8(15-2)6-14-7-9-3-4-10(13)5-11(9)12/h3-5,8,14H,6-7H2,1-2H3. The number of rotatable bonds is 5. The summed E-state index contributed by atoms with van der Waals surface area (Å²) in [4.78, 5) is 0. The van der Waals surface area contributed by atoms with E-state index >= 15 is 0 Å². The van der Waals surface area contributed by atoms with Crippen LogP contribution in [0.3, 0.4) is 0 Å². The molecule has 0 saturated heterocycles. The Morgan fingerprint density at radius 3 is 2.87 bits per heavy atom. The fourth-order valence-electron chi connectivity index (χ4n) is 1.16. The average molecular weight is 309 g/mol. The van der Waals surface area contributed by atoms with E-state index in [1.807, 2.05) is 30.0 Å². The summed E-state index contributed by atoms with van der Waals surface area (Å²) in [7, 11) is 0. The molecule has 15 heavy (non-hydrogen) atoms. The lowest BCUT2D eigenvalue weighted by molar-refractivity contribution is 0.683. The van der Waals surface area contributed by atoms with E-state index in [0.717, 1.165) is 22.6 Å². The van der Waals surface area contributed by atoms with Gasteiger partial charge in [0.25, 0.3) is 0 Å². The Balaban J connectivity index is 2.44. The van der Waals surface area contributed by atoms with Crippen molar-refractivity contribution >= 4 is 39.3 Å². The van der Waals surface area contributed by atoms with Gasteiger partial charge in [0.15, 0.2) is 0 Å². The maximum absolute atomic E-state index is 5.87. The summed E-state index contributed by atoms with van der Waals surface area (Å²) in [6.07, 6.45) is 2.13. The van der Waals surface area contributed by atoms with Crippen LogP contribution in [0.5, 0.6) is 0 Å². The molecular weight excluding hydrogens is 294 g/mol. The molecule has 1 aromatic rings. The highest BCUT2D eigenvalue weighted by Gasteiger charge is 2.02. The second-order valence-electron chi connectivity index (χ2n) is 3.41. The van der Waals surface area contributed by atoms with Crippen molar-refractivity contribution in [3.05, 3.63) is 33.3 Å². The van der Waals surface area contributed by atoms with Gasteiger partial charge in [0.2, 0.25) is 0 Å². The number of thioether (sulfide) groups is 1. The van der Waals surface area contributed by atoms with E-state index in [4.69, 9.17) is 11.6 Å². The first-order valence-electron chi connectivity index (χ1n) is 4.81. The second kappa shape index (κ2) is 6.79. The van der Waals surface area contributed by atoms with E-state index in [2.05, 4.69) is 34.4 Å². The molecule has 0 bridgehead atoms. The SMILES string of the molecule is CSC(C)CNCc1ccc(Cl)cc1Br. The molecule has 0 aliphatic carbocycles. The quantitative estimate of drug-likeness (QED) is 0.884. The van der Waals surface area contributed by atoms with Crippen LogP contribution < -0.4 is 5.32 Å². The molecule has 0 aliphatic heterocycles. The summed E-state index contributed by atoms with van der Waals surface area (Å²) in [5.41, 5.74) is 1.24. The molecule has 1 unspecified atom stereocenters. The molecule has 0 heterocycles. The lowest BCUT2D eigenvalue weighted by atomic mass is 10.2. The topological polar surface area (TPSA) is 12.0 Å². The van der Waals surface area contributed by atoms with Crippen molar-refractivity contribution in [2.24, 2.45) is 0 Å². The fraction of sp³-hybridized carbons (Fsp3) is 0.455. The first-order valence-corrected chi connectivity index (χ1v) is 7.27. The van der Waals surface area contributed by atoms with Gasteiger partial charge in [-0.3, -0.25) is 0 Å². The highest BCUT2D eigenvalue weighted by atomic mass is 79.9. The first kappa shape index (κ1) is 13.4. The van der Waals surface area contributed by atoms with Crippen LogP contribution in [0.15, 0.2) is 22.7 Å². The number of hydrogen-bond acceptors (Lipinski definition) is 2. The predicted molar refractivity (Wildman–Crippen MR) is 73.8 cm³/mol. The van der Waals surface area contributed by atoms with Crippen LogP contribution >= 0.6 is 39.3 Å². The minimum atomic E-state index is 0.649. The Bertz CT molecular complexity index is 319. The van der Waals surface area contributed by atoms with Crippen molar-refractivity contribution in [1.82, 2.24) is 5.32 Å². The van der Waals surface area contributed by atoms with Gasteiger partial charge in [-0.15, -0.1) is 0 Å². The zero-order valence-corrected chi connectivity index (χ0v) is 12.0. The summed E-state index contributed by atoms with van der Waals surface area (Å²) >= 11 is 11.2. The molecule has 0 aromatic heterocycles. The highest BCUT2D eigenvalue weighted by Crippen LogP contribution is 2.21. The van der Waals surface area contributed by atoms with Gasteiger partial charge >= 0.3 is 0 Å². The van der Waals surface area contributed by atoms with Crippen molar-refractivity contribution in [2.45, 2.75) is 18.7 Å². The van der Waals surface area contributed by atoms with Gasteiger partial charge in [-0.1, -0.05) is 40.5 Å². The van der Waals surface area contributed by atoms with Gasteiger partial charge in [0.05, 0.1) is 0 Å². The summed E-state index contributed by atoms with van der Waals surface area (Å²) in [6.45, 7) is 4.12. The van der Waals surface area contributed by atoms with Crippen LogP contribution in [0.2, 0.25) is 5.02 Å². The lowest BCUT2D eigenvalue weighted by Gasteiger charge is -2.10. The molecule has 0 fully saturated rings. The molecule has 0 spiro atoms. The molecule has 1 atom stereocenters. The maximum atomic E-state index is 5.87. The molecule has 84 valence electrons. The third-order valence-corrected chi connectivity index (χ3v) is 4.11. The largest absolute Gasteiger partial charge is 0.312 e. The van der Waals surface area contributed by atoms with Crippen molar-refractivity contribution in [1.29, 1.82) is 0 Å². The van der Waals surface area contributed by atoms with Gasteiger partial charge in [0, 0.05) is 27.8 Å². The Morgan fingerprint density at radius 1 is 1.53 bits per heavy atom. The van der Waals surface area contributed by atoms with Crippen molar-refractivity contribution < 1.29 is 0 Å². The molecule has 0 saturated carbocycles. The van der Waals surface area contributed by atoms with Gasteiger partial charge in [-0.25, -0.2) is 0 Å². The Labute approximate surface area is 109 Å². The molecule has 0 aliphatic rings. The summed E-state index contributed by atoms with van der Waals surface area (Å²) in [5, 5.41) is 4.83. The molecule has 1 N–H and O–H groups in total. The summed E-state index contributed by atoms with van der Waals surface area (Å²) < 4.78 is 1.07. The predicted octanol–water partition coefficient (Wildman–Crippen LogP) is 3.94. The third kappa shape index (κ3) is 4.77. The third-order valence-electron chi connectivity index (χ3n) is 2.16. The Kier molecular flexibility index (Phi) is 6.05. The zero-order chi connectivity index (χ0) is 11.3. The van der Waals surface area contributed by atoms with E-state index in [1.165, 1.54) is 5.56 Å². The van der Waals surface area contributed by atoms with Gasteiger partial charge in [-0.05, 0) is 24.0 Å². The van der Waals surface area contributed by atoms with Crippen LogP contribution in [0.1, 0.15) is 12.5 Å². The molecule has 0 radical (unpaired) electrons.